The van der Waals surface area contributed by atoms with Crippen LogP contribution < -0.4 is 5.32 Å². The van der Waals surface area contributed by atoms with E-state index >= 15 is 0 Å². The molecule has 0 atom stereocenters. The summed E-state index contributed by atoms with van der Waals surface area (Å²) < 4.78 is 5.97. The van der Waals surface area contributed by atoms with Crippen LogP contribution in [0.1, 0.15) is 40.3 Å². The molecular formula is C16H16BrNO4. The number of amides is 1. The van der Waals surface area contributed by atoms with Gasteiger partial charge in [0.25, 0.3) is 5.91 Å². The highest BCUT2D eigenvalue weighted by atomic mass is 79.9. The molecule has 2 N–H and O–H groups in total. The van der Waals surface area contributed by atoms with Crippen molar-refractivity contribution in [2.75, 3.05) is 6.54 Å². The molecule has 1 aromatic heterocycles. The highest BCUT2D eigenvalue weighted by Crippen LogP contribution is 2.24. The molecule has 0 saturated carbocycles. The highest BCUT2D eigenvalue weighted by Gasteiger charge is 2.23. The van der Waals surface area contributed by atoms with E-state index in [1.54, 1.807) is 0 Å². The number of benzene rings is 1. The molecule has 0 saturated heterocycles. The van der Waals surface area contributed by atoms with E-state index < -0.39 is 11.9 Å². The smallest absolute Gasteiger partial charge is 0.338 e. The Morgan fingerprint density at radius 3 is 2.45 bits per heavy atom. The van der Waals surface area contributed by atoms with Crippen LogP contribution in [-0.4, -0.2) is 23.5 Å². The van der Waals surface area contributed by atoms with Crippen LogP contribution in [-0.2, 0) is 5.41 Å². The Hall–Kier alpha value is -2.08. The minimum absolute atomic E-state index is 0.0102. The molecule has 1 heterocycles. The number of halogens is 1. The van der Waals surface area contributed by atoms with Crippen molar-refractivity contribution in [3.05, 3.63) is 58.0 Å². The van der Waals surface area contributed by atoms with Crippen LogP contribution in [0, 0.1) is 0 Å². The summed E-state index contributed by atoms with van der Waals surface area (Å²) in [5, 5.41) is 11.6. The normalized spacial score (nSPS) is 11.2. The van der Waals surface area contributed by atoms with Gasteiger partial charge >= 0.3 is 5.97 Å². The van der Waals surface area contributed by atoms with Gasteiger partial charge in [-0.2, -0.15) is 0 Å². The van der Waals surface area contributed by atoms with Crippen LogP contribution in [0.25, 0.3) is 0 Å². The van der Waals surface area contributed by atoms with E-state index in [-0.39, 0.29) is 16.7 Å². The Balaban J connectivity index is 2.02. The number of carbonyl (C=O) groups is 2. The van der Waals surface area contributed by atoms with Crippen LogP contribution in [0.15, 0.2) is 45.5 Å². The van der Waals surface area contributed by atoms with E-state index in [0.717, 1.165) is 16.3 Å². The van der Waals surface area contributed by atoms with Crippen LogP contribution in [0.3, 0.4) is 0 Å². The molecule has 0 aliphatic carbocycles. The van der Waals surface area contributed by atoms with Crippen molar-refractivity contribution in [3.63, 3.8) is 0 Å². The number of aromatic carboxylic acids is 1. The first-order chi connectivity index (χ1) is 10.3. The lowest BCUT2D eigenvalue weighted by Gasteiger charge is -2.25. The third-order valence-electron chi connectivity index (χ3n) is 3.39. The first-order valence-corrected chi connectivity index (χ1v) is 7.45. The van der Waals surface area contributed by atoms with Crippen molar-refractivity contribution >= 4 is 27.8 Å². The molecule has 5 nitrogen and oxygen atoms in total. The quantitative estimate of drug-likeness (QED) is 0.850. The van der Waals surface area contributed by atoms with Gasteiger partial charge in [-0.15, -0.1) is 0 Å². The van der Waals surface area contributed by atoms with E-state index in [0.29, 0.717) is 6.54 Å². The van der Waals surface area contributed by atoms with Crippen LogP contribution >= 0.6 is 15.9 Å². The third-order valence-corrected chi connectivity index (χ3v) is 3.92. The minimum Gasteiger partial charge on any atom is -0.478 e. The van der Waals surface area contributed by atoms with Gasteiger partial charge in [0, 0.05) is 22.5 Å². The van der Waals surface area contributed by atoms with Crippen molar-refractivity contribution in [1.82, 2.24) is 5.32 Å². The van der Waals surface area contributed by atoms with Crippen molar-refractivity contribution in [1.29, 1.82) is 0 Å². The first kappa shape index (κ1) is 16.3. The van der Waals surface area contributed by atoms with Gasteiger partial charge in [0.2, 0.25) is 0 Å². The fourth-order valence-electron chi connectivity index (χ4n) is 1.96. The second-order valence-electron chi connectivity index (χ2n) is 5.58. The number of carbonyl (C=O) groups excluding carboxylic acids is 1. The fraction of sp³-hybridized carbons (Fsp3) is 0.250. The first-order valence-electron chi connectivity index (χ1n) is 6.66. The standard InChI is InChI=1S/C16H16BrNO4/c1-16(2,11-3-5-12(17)6-4-11)9-18-14(19)13-7-10(8-22-13)15(20)21/h3-8H,9H2,1-2H3,(H,18,19)(H,20,21). The SMILES string of the molecule is CC(C)(CNC(=O)c1cc(C(=O)O)co1)c1ccc(Br)cc1. The van der Waals surface area contributed by atoms with Crippen LogP contribution in [0.5, 0.6) is 0 Å². The summed E-state index contributed by atoms with van der Waals surface area (Å²) in [7, 11) is 0. The number of nitrogens with one attached hydrogen (secondary N) is 1. The highest BCUT2D eigenvalue weighted by molar-refractivity contribution is 9.10. The average Bonchev–Trinajstić information content (AvgIpc) is 2.95. The van der Waals surface area contributed by atoms with Crippen molar-refractivity contribution in [3.8, 4) is 0 Å². The maximum Gasteiger partial charge on any atom is 0.338 e. The fourth-order valence-corrected chi connectivity index (χ4v) is 2.22. The van der Waals surface area contributed by atoms with Gasteiger partial charge in [0.15, 0.2) is 5.76 Å². The van der Waals surface area contributed by atoms with Crippen molar-refractivity contribution in [2.45, 2.75) is 19.3 Å². The summed E-state index contributed by atoms with van der Waals surface area (Å²) >= 11 is 3.39. The molecule has 0 aliphatic rings. The Morgan fingerprint density at radius 2 is 1.91 bits per heavy atom. The number of carboxylic acid groups (broad SMARTS) is 1. The van der Waals surface area contributed by atoms with E-state index in [1.807, 2.05) is 38.1 Å². The Bertz CT molecular complexity index is 688. The molecule has 0 radical (unpaired) electrons. The summed E-state index contributed by atoms with van der Waals surface area (Å²) in [6.07, 6.45) is 1.05. The number of carboxylic acids is 1. The molecule has 1 amide bonds. The second-order valence-corrected chi connectivity index (χ2v) is 6.49. The van der Waals surface area contributed by atoms with Gasteiger partial charge in [-0.25, -0.2) is 4.79 Å². The van der Waals surface area contributed by atoms with E-state index in [9.17, 15) is 9.59 Å². The molecule has 22 heavy (non-hydrogen) atoms. The lowest BCUT2D eigenvalue weighted by Crippen LogP contribution is -2.36. The summed E-state index contributed by atoms with van der Waals surface area (Å²) in [6.45, 7) is 4.43. The lowest BCUT2D eigenvalue weighted by atomic mass is 9.84. The monoisotopic (exact) mass is 365 g/mol. The van der Waals surface area contributed by atoms with Crippen molar-refractivity contribution in [2.24, 2.45) is 0 Å². The predicted molar refractivity (Wildman–Crippen MR) is 85.2 cm³/mol. The topological polar surface area (TPSA) is 79.5 Å². The van der Waals surface area contributed by atoms with E-state index in [1.165, 1.54) is 6.07 Å². The molecule has 0 aliphatic heterocycles. The zero-order valence-corrected chi connectivity index (χ0v) is 13.8. The molecule has 1 aromatic carbocycles. The molecule has 0 bridgehead atoms. The summed E-state index contributed by atoms with van der Waals surface area (Å²) in [4.78, 5) is 22.8. The Kier molecular flexibility index (Phi) is 4.71. The Morgan fingerprint density at radius 1 is 1.27 bits per heavy atom. The molecule has 2 rings (SSSR count). The van der Waals surface area contributed by atoms with Gasteiger partial charge in [-0.3, -0.25) is 4.79 Å². The summed E-state index contributed by atoms with van der Waals surface area (Å²) in [5.74, 6) is -1.57. The molecule has 0 spiro atoms. The average molecular weight is 366 g/mol. The zero-order chi connectivity index (χ0) is 16.3. The van der Waals surface area contributed by atoms with Gasteiger partial charge in [-0.05, 0) is 17.7 Å². The van der Waals surface area contributed by atoms with Crippen LogP contribution in [0.2, 0.25) is 0 Å². The number of rotatable bonds is 5. The maximum absolute atomic E-state index is 12.0. The molecule has 2 aromatic rings. The summed E-state index contributed by atoms with van der Waals surface area (Å²) in [6, 6.07) is 9.09. The van der Waals surface area contributed by atoms with Gasteiger partial charge in [-0.1, -0.05) is 41.9 Å². The molecule has 6 heteroatoms. The zero-order valence-electron chi connectivity index (χ0n) is 12.2. The summed E-state index contributed by atoms with van der Waals surface area (Å²) in [5.41, 5.74) is 0.775. The number of furan rings is 1. The second kappa shape index (κ2) is 6.36. The number of hydrogen-bond acceptors (Lipinski definition) is 3. The largest absolute Gasteiger partial charge is 0.478 e. The molecule has 0 unspecified atom stereocenters. The van der Waals surface area contributed by atoms with Gasteiger partial charge in [0.1, 0.15) is 6.26 Å². The van der Waals surface area contributed by atoms with Gasteiger partial charge < -0.3 is 14.8 Å². The van der Waals surface area contributed by atoms with Gasteiger partial charge in [0.05, 0.1) is 5.56 Å². The Labute approximate surface area is 136 Å². The van der Waals surface area contributed by atoms with E-state index in [4.69, 9.17) is 9.52 Å². The minimum atomic E-state index is -1.13. The van der Waals surface area contributed by atoms with Crippen molar-refractivity contribution < 1.29 is 19.1 Å². The maximum atomic E-state index is 12.0. The predicted octanol–water partition coefficient (Wildman–Crippen LogP) is 3.45. The lowest BCUT2D eigenvalue weighted by molar-refractivity contribution is 0.0696. The third kappa shape index (κ3) is 3.76. The van der Waals surface area contributed by atoms with E-state index in [2.05, 4.69) is 21.2 Å². The number of hydrogen-bond donors (Lipinski definition) is 2. The van der Waals surface area contributed by atoms with Crippen LogP contribution in [0.4, 0.5) is 0 Å². The molecular weight excluding hydrogens is 350 g/mol. The molecule has 116 valence electrons. The molecule has 0 fully saturated rings.